The number of rotatable bonds is 5. The van der Waals surface area contributed by atoms with Crippen molar-refractivity contribution in [3.8, 4) is 0 Å². The molecule has 1 amide bonds. The van der Waals surface area contributed by atoms with Crippen LogP contribution < -0.4 is 10.6 Å². The highest BCUT2D eigenvalue weighted by Crippen LogP contribution is 2.26. The van der Waals surface area contributed by atoms with Gasteiger partial charge in [-0.3, -0.25) is 14.0 Å². The third kappa shape index (κ3) is 3.74. The van der Waals surface area contributed by atoms with Gasteiger partial charge in [-0.2, -0.15) is 10.1 Å². The summed E-state index contributed by atoms with van der Waals surface area (Å²) in [5, 5.41) is 4.32. The molecule has 0 radical (unpaired) electrons. The minimum atomic E-state index is -3.09. The highest BCUT2D eigenvalue weighted by molar-refractivity contribution is 7.91. The fourth-order valence-corrected chi connectivity index (χ4v) is 5.62. The summed E-state index contributed by atoms with van der Waals surface area (Å²) < 4.78 is 26.6. The zero-order valence-electron chi connectivity index (χ0n) is 16.8. The van der Waals surface area contributed by atoms with Crippen molar-refractivity contribution in [2.24, 2.45) is 0 Å². The van der Waals surface area contributed by atoms with Crippen LogP contribution in [0.25, 0.3) is 11.0 Å². The molecule has 2 aromatic heterocycles. The maximum atomic E-state index is 13.1. The molecule has 1 aromatic carbocycles. The van der Waals surface area contributed by atoms with Crippen molar-refractivity contribution in [2.75, 3.05) is 16.4 Å². The third-order valence-electron chi connectivity index (χ3n) is 5.30. The molecule has 0 saturated carbocycles. The highest BCUT2D eigenvalue weighted by atomic mass is 32.2. The van der Waals surface area contributed by atoms with E-state index in [0.29, 0.717) is 17.5 Å². The Bertz CT molecular complexity index is 1250. The molecule has 0 aliphatic carbocycles. The van der Waals surface area contributed by atoms with Crippen LogP contribution in [0.4, 0.5) is 5.69 Å². The summed E-state index contributed by atoms with van der Waals surface area (Å²) in [7, 11) is -3.09. The highest BCUT2D eigenvalue weighted by Gasteiger charge is 2.31. The van der Waals surface area contributed by atoms with E-state index in [1.807, 2.05) is 44.2 Å². The van der Waals surface area contributed by atoms with E-state index in [-0.39, 0.29) is 36.0 Å². The second-order valence-electron chi connectivity index (χ2n) is 7.74. The first-order valence-corrected chi connectivity index (χ1v) is 11.6. The van der Waals surface area contributed by atoms with Gasteiger partial charge in [-0.1, -0.05) is 18.2 Å². The van der Waals surface area contributed by atoms with Gasteiger partial charge >= 0.3 is 5.69 Å². The lowest BCUT2D eigenvalue weighted by atomic mass is 10.2. The van der Waals surface area contributed by atoms with Gasteiger partial charge in [0.2, 0.25) is 5.91 Å². The second-order valence-corrected chi connectivity index (χ2v) is 9.97. The SMILES string of the molecule is CC(C)N(C(=O)Cn1c(=O)ncc2c1cnn2[C@H]1CCS(=O)(=O)C1)c1ccccc1. The number of anilines is 1. The molecule has 0 unspecified atom stereocenters. The Kier molecular flexibility index (Phi) is 5.19. The summed E-state index contributed by atoms with van der Waals surface area (Å²) in [6.45, 7) is 3.63. The van der Waals surface area contributed by atoms with Crippen LogP contribution in [0.1, 0.15) is 26.3 Å². The Hall–Kier alpha value is -3.01. The van der Waals surface area contributed by atoms with Gasteiger partial charge in [0.05, 0.1) is 35.5 Å². The van der Waals surface area contributed by atoms with Gasteiger partial charge in [0, 0.05) is 11.7 Å². The topological polar surface area (TPSA) is 107 Å². The van der Waals surface area contributed by atoms with Gasteiger partial charge in [0.25, 0.3) is 0 Å². The summed E-state index contributed by atoms with van der Waals surface area (Å²) in [5.41, 5.74) is 1.20. The summed E-state index contributed by atoms with van der Waals surface area (Å²) in [4.78, 5) is 31.2. The number of hydrogen-bond acceptors (Lipinski definition) is 6. The Balaban J connectivity index is 1.70. The minimum absolute atomic E-state index is 0.0109. The molecule has 3 heterocycles. The summed E-state index contributed by atoms with van der Waals surface area (Å²) in [5.74, 6) is -0.120. The molecular formula is C20H23N5O4S. The molecule has 1 saturated heterocycles. The second kappa shape index (κ2) is 7.67. The van der Waals surface area contributed by atoms with E-state index in [4.69, 9.17) is 0 Å². The smallest absolute Gasteiger partial charge is 0.308 e. The number of para-hydroxylation sites is 1. The molecule has 0 bridgehead atoms. The third-order valence-corrected chi connectivity index (χ3v) is 7.05. The number of fused-ring (bicyclic) bond motifs is 1. The fraction of sp³-hybridized carbons (Fsp3) is 0.400. The molecular weight excluding hydrogens is 406 g/mol. The van der Waals surface area contributed by atoms with Gasteiger partial charge < -0.3 is 4.90 Å². The summed E-state index contributed by atoms with van der Waals surface area (Å²) >= 11 is 0. The lowest BCUT2D eigenvalue weighted by Gasteiger charge is -2.27. The van der Waals surface area contributed by atoms with Crippen molar-refractivity contribution in [3.05, 3.63) is 53.2 Å². The van der Waals surface area contributed by atoms with Crippen molar-refractivity contribution in [1.82, 2.24) is 19.3 Å². The van der Waals surface area contributed by atoms with Crippen molar-refractivity contribution in [3.63, 3.8) is 0 Å². The van der Waals surface area contributed by atoms with Crippen molar-refractivity contribution in [2.45, 2.75) is 38.9 Å². The lowest BCUT2D eigenvalue weighted by Crippen LogP contribution is -2.41. The van der Waals surface area contributed by atoms with E-state index in [0.717, 1.165) is 5.69 Å². The molecule has 9 nitrogen and oxygen atoms in total. The average Bonchev–Trinajstić information content (AvgIpc) is 3.27. The molecule has 158 valence electrons. The molecule has 1 fully saturated rings. The van der Waals surface area contributed by atoms with Crippen LogP contribution in [-0.4, -0.2) is 51.2 Å². The number of carbonyl (C=O) groups is 1. The van der Waals surface area contributed by atoms with E-state index in [2.05, 4.69) is 10.1 Å². The predicted octanol–water partition coefficient (Wildman–Crippen LogP) is 1.39. The number of nitrogens with zero attached hydrogens (tertiary/aromatic N) is 5. The number of sulfone groups is 1. The first kappa shape index (κ1) is 20.3. The van der Waals surface area contributed by atoms with Crippen LogP contribution in [0, 0.1) is 0 Å². The fourth-order valence-electron chi connectivity index (χ4n) is 3.93. The van der Waals surface area contributed by atoms with E-state index < -0.39 is 15.5 Å². The number of benzene rings is 1. The van der Waals surface area contributed by atoms with Crippen LogP contribution in [0.15, 0.2) is 47.5 Å². The van der Waals surface area contributed by atoms with E-state index in [9.17, 15) is 18.0 Å². The zero-order valence-corrected chi connectivity index (χ0v) is 17.6. The number of amides is 1. The predicted molar refractivity (Wildman–Crippen MR) is 113 cm³/mol. The first-order chi connectivity index (χ1) is 14.3. The molecule has 0 spiro atoms. The van der Waals surface area contributed by atoms with E-state index >= 15 is 0 Å². The van der Waals surface area contributed by atoms with Gasteiger partial charge in [0.15, 0.2) is 9.84 Å². The van der Waals surface area contributed by atoms with Crippen LogP contribution in [0.5, 0.6) is 0 Å². The summed E-state index contributed by atoms with van der Waals surface area (Å²) in [6.07, 6.45) is 3.36. The Labute approximate surface area is 173 Å². The van der Waals surface area contributed by atoms with Crippen molar-refractivity contribution < 1.29 is 13.2 Å². The van der Waals surface area contributed by atoms with E-state index in [1.165, 1.54) is 17.0 Å². The lowest BCUT2D eigenvalue weighted by molar-refractivity contribution is -0.119. The minimum Gasteiger partial charge on any atom is -0.308 e. The molecule has 1 atom stereocenters. The van der Waals surface area contributed by atoms with Crippen LogP contribution in [0.3, 0.4) is 0 Å². The Morgan fingerprint density at radius 3 is 2.57 bits per heavy atom. The zero-order chi connectivity index (χ0) is 21.5. The van der Waals surface area contributed by atoms with Gasteiger partial charge in [-0.15, -0.1) is 0 Å². The Morgan fingerprint density at radius 2 is 1.93 bits per heavy atom. The van der Waals surface area contributed by atoms with Crippen LogP contribution >= 0.6 is 0 Å². The number of hydrogen-bond donors (Lipinski definition) is 0. The van der Waals surface area contributed by atoms with Crippen LogP contribution in [0.2, 0.25) is 0 Å². The largest absolute Gasteiger partial charge is 0.348 e. The van der Waals surface area contributed by atoms with Crippen molar-refractivity contribution in [1.29, 1.82) is 0 Å². The average molecular weight is 430 g/mol. The standard InChI is InChI=1S/C20H23N5O4S/c1-14(2)24(15-6-4-3-5-7-15)19(26)12-23-17-11-22-25(18(17)10-21-20(23)27)16-8-9-30(28,29)13-16/h3-7,10-11,14,16H,8-9,12-13H2,1-2H3/t16-/m0/s1. The molecule has 0 N–H and O–H groups in total. The molecule has 1 aliphatic heterocycles. The van der Waals surface area contributed by atoms with E-state index in [1.54, 1.807) is 9.58 Å². The maximum absolute atomic E-state index is 13.1. The quantitative estimate of drug-likeness (QED) is 0.607. The van der Waals surface area contributed by atoms with Gasteiger partial charge in [0.1, 0.15) is 12.1 Å². The van der Waals surface area contributed by atoms with Gasteiger partial charge in [-0.25, -0.2) is 13.2 Å². The number of carbonyl (C=O) groups excluding carboxylic acids is 1. The van der Waals surface area contributed by atoms with Gasteiger partial charge in [-0.05, 0) is 32.4 Å². The molecule has 3 aromatic rings. The van der Waals surface area contributed by atoms with Crippen molar-refractivity contribution >= 4 is 32.5 Å². The normalized spacial score (nSPS) is 18.2. The monoisotopic (exact) mass is 429 g/mol. The first-order valence-electron chi connectivity index (χ1n) is 9.77. The summed E-state index contributed by atoms with van der Waals surface area (Å²) in [6, 6.07) is 8.87. The molecule has 30 heavy (non-hydrogen) atoms. The Morgan fingerprint density at radius 1 is 1.20 bits per heavy atom. The van der Waals surface area contributed by atoms with Crippen LogP contribution in [-0.2, 0) is 21.2 Å². The molecule has 4 rings (SSSR count). The molecule has 1 aliphatic rings. The number of aromatic nitrogens is 4. The molecule has 10 heteroatoms. The maximum Gasteiger partial charge on any atom is 0.348 e.